The third-order valence-electron chi connectivity index (χ3n) is 2.60. The van der Waals surface area contributed by atoms with E-state index in [-0.39, 0.29) is 11.9 Å². The maximum Gasteiger partial charge on any atom is 0.265 e. The molecule has 0 aromatic carbocycles. The van der Waals surface area contributed by atoms with Crippen LogP contribution in [0.5, 0.6) is 0 Å². The average molecular weight is 270 g/mol. The van der Waals surface area contributed by atoms with Crippen LogP contribution in [0, 0.1) is 0 Å². The van der Waals surface area contributed by atoms with Crippen molar-refractivity contribution >= 4 is 28.2 Å². The summed E-state index contributed by atoms with van der Waals surface area (Å²) in [6.45, 7) is 4.15. The molecule has 18 heavy (non-hydrogen) atoms. The average Bonchev–Trinajstić information content (AvgIpc) is 2.68. The highest BCUT2D eigenvalue weighted by atomic mass is 32.1. The molecule has 0 aliphatic heterocycles. The molecule has 0 fully saturated rings. The molecule has 102 valence electrons. The summed E-state index contributed by atoms with van der Waals surface area (Å²) in [7, 11) is 3.76. The van der Waals surface area contributed by atoms with Crippen LogP contribution in [0.4, 0.5) is 10.9 Å². The van der Waals surface area contributed by atoms with Gasteiger partial charge in [-0.2, -0.15) is 0 Å². The minimum Gasteiger partial charge on any atom is -0.382 e. The largest absolute Gasteiger partial charge is 0.382 e. The molecule has 3 N–H and O–H groups in total. The summed E-state index contributed by atoms with van der Waals surface area (Å²) in [5.74, 6) is 0.186. The van der Waals surface area contributed by atoms with E-state index in [1.165, 1.54) is 11.3 Å². The first kappa shape index (κ1) is 14.8. The summed E-state index contributed by atoms with van der Waals surface area (Å²) >= 11 is 1.32. The molecule has 0 saturated carbocycles. The molecule has 0 aliphatic carbocycles. The van der Waals surface area contributed by atoms with Crippen LogP contribution in [-0.4, -0.2) is 31.0 Å². The number of nitrogens with two attached hydrogens (primary N) is 1. The van der Waals surface area contributed by atoms with Crippen molar-refractivity contribution in [3.8, 4) is 0 Å². The molecule has 1 atom stereocenters. The third kappa shape index (κ3) is 3.87. The van der Waals surface area contributed by atoms with Gasteiger partial charge in [-0.05, 0) is 13.3 Å². The summed E-state index contributed by atoms with van der Waals surface area (Å²) in [6.07, 6.45) is 3.23. The lowest BCUT2D eigenvalue weighted by Gasteiger charge is -2.12. The number of nitrogens with zero attached hydrogens (tertiary/aromatic N) is 2. The lowest BCUT2D eigenvalue weighted by molar-refractivity contribution is 0.0943. The van der Waals surface area contributed by atoms with E-state index < -0.39 is 0 Å². The molecule has 1 unspecified atom stereocenters. The van der Waals surface area contributed by atoms with Crippen molar-refractivity contribution in [1.82, 2.24) is 10.3 Å². The van der Waals surface area contributed by atoms with Gasteiger partial charge in [-0.3, -0.25) is 4.79 Å². The summed E-state index contributed by atoms with van der Waals surface area (Å²) < 4.78 is 0. The molecular weight excluding hydrogens is 248 g/mol. The Morgan fingerprint density at radius 1 is 1.56 bits per heavy atom. The second-order valence-electron chi connectivity index (χ2n) is 4.62. The van der Waals surface area contributed by atoms with Crippen molar-refractivity contribution in [1.29, 1.82) is 0 Å². The van der Waals surface area contributed by atoms with Crippen LogP contribution in [0.25, 0.3) is 0 Å². The lowest BCUT2D eigenvalue weighted by Crippen LogP contribution is -2.32. The first-order valence-electron chi connectivity index (χ1n) is 6.20. The van der Waals surface area contributed by atoms with Gasteiger partial charge in [0.15, 0.2) is 5.13 Å². The van der Waals surface area contributed by atoms with E-state index >= 15 is 0 Å². The predicted molar refractivity (Wildman–Crippen MR) is 77.3 cm³/mol. The number of nitrogen functional groups attached to an aromatic ring is 1. The third-order valence-corrected chi connectivity index (χ3v) is 3.84. The molecule has 0 aliphatic rings. The Labute approximate surface area is 112 Å². The molecule has 0 spiro atoms. The highest BCUT2D eigenvalue weighted by molar-refractivity contribution is 7.18. The monoisotopic (exact) mass is 270 g/mol. The van der Waals surface area contributed by atoms with Crippen molar-refractivity contribution < 1.29 is 4.79 Å². The SMILES string of the molecule is CCCCC(C)NC(=O)c1sc(N(C)C)nc1N. The minimum atomic E-state index is -0.123. The number of thiazole rings is 1. The number of rotatable bonds is 6. The molecule has 1 amide bonds. The number of carbonyl (C=O) groups excluding carboxylic acids is 1. The second kappa shape index (κ2) is 6.58. The first-order chi connectivity index (χ1) is 8.45. The van der Waals surface area contributed by atoms with E-state index in [9.17, 15) is 4.79 Å². The van der Waals surface area contributed by atoms with Gasteiger partial charge in [0.2, 0.25) is 0 Å². The van der Waals surface area contributed by atoms with E-state index in [0.29, 0.717) is 10.7 Å². The summed E-state index contributed by atoms with van der Waals surface area (Å²) in [6, 6.07) is 0.168. The van der Waals surface area contributed by atoms with Crippen molar-refractivity contribution in [2.75, 3.05) is 24.7 Å². The van der Waals surface area contributed by atoms with Crippen LogP contribution in [-0.2, 0) is 0 Å². The van der Waals surface area contributed by atoms with Crippen molar-refractivity contribution in [2.45, 2.75) is 39.2 Å². The van der Waals surface area contributed by atoms with Gasteiger partial charge in [-0.25, -0.2) is 4.98 Å². The summed E-state index contributed by atoms with van der Waals surface area (Å²) in [4.78, 5) is 18.5. The molecular formula is C12H22N4OS. The van der Waals surface area contributed by atoms with E-state index in [0.717, 1.165) is 24.4 Å². The number of hydrogen-bond donors (Lipinski definition) is 2. The molecule has 0 bridgehead atoms. The topological polar surface area (TPSA) is 71.2 Å². The minimum absolute atomic E-state index is 0.123. The first-order valence-corrected chi connectivity index (χ1v) is 7.01. The van der Waals surface area contributed by atoms with Gasteiger partial charge in [-0.1, -0.05) is 31.1 Å². The van der Waals surface area contributed by atoms with Crippen LogP contribution >= 0.6 is 11.3 Å². The highest BCUT2D eigenvalue weighted by Crippen LogP contribution is 2.26. The molecule has 1 aromatic rings. The van der Waals surface area contributed by atoms with Gasteiger partial charge in [0.25, 0.3) is 5.91 Å². The Bertz CT molecular complexity index is 403. The molecule has 1 rings (SSSR count). The maximum atomic E-state index is 12.0. The number of hydrogen-bond acceptors (Lipinski definition) is 5. The van der Waals surface area contributed by atoms with E-state index in [2.05, 4.69) is 17.2 Å². The van der Waals surface area contributed by atoms with Gasteiger partial charge in [-0.15, -0.1) is 0 Å². The fourth-order valence-corrected chi connectivity index (χ4v) is 2.36. The summed E-state index contributed by atoms with van der Waals surface area (Å²) in [5.41, 5.74) is 5.77. The Balaban J connectivity index is 2.66. The lowest BCUT2D eigenvalue weighted by atomic mass is 10.1. The normalized spacial score (nSPS) is 12.2. The zero-order valence-corrected chi connectivity index (χ0v) is 12.3. The van der Waals surface area contributed by atoms with Gasteiger partial charge < -0.3 is 16.0 Å². The van der Waals surface area contributed by atoms with Crippen molar-refractivity contribution in [2.24, 2.45) is 0 Å². The van der Waals surface area contributed by atoms with Crippen LogP contribution < -0.4 is 16.0 Å². The van der Waals surface area contributed by atoms with Crippen LogP contribution in [0.1, 0.15) is 42.8 Å². The van der Waals surface area contributed by atoms with E-state index in [1.807, 2.05) is 25.9 Å². The standard InChI is InChI=1S/C12H22N4OS/c1-5-6-7-8(2)14-11(17)9-10(13)15-12(18-9)16(3)4/h8H,5-7,13H2,1-4H3,(H,14,17). The van der Waals surface area contributed by atoms with E-state index in [4.69, 9.17) is 5.73 Å². The Kier molecular flexibility index (Phi) is 5.40. The number of aromatic nitrogens is 1. The van der Waals surface area contributed by atoms with Crippen molar-refractivity contribution in [3.63, 3.8) is 0 Å². The Morgan fingerprint density at radius 3 is 2.72 bits per heavy atom. The molecule has 0 radical (unpaired) electrons. The predicted octanol–water partition coefficient (Wildman–Crippen LogP) is 2.10. The van der Waals surface area contributed by atoms with Crippen molar-refractivity contribution in [3.05, 3.63) is 4.88 Å². The Hall–Kier alpha value is -1.30. The zero-order valence-electron chi connectivity index (χ0n) is 11.5. The number of anilines is 2. The number of unbranched alkanes of at least 4 members (excludes halogenated alkanes) is 1. The quantitative estimate of drug-likeness (QED) is 0.830. The van der Waals surface area contributed by atoms with E-state index in [1.54, 1.807) is 0 Å². The fraction of sp³-hybridized carbons (Fsp3) is 0.667. The van der Waals surface area contributed by atoms with Crippen LogP contribution in [0.3, 0.4) is 0 Å². The number of amides is 1. The Morgan fingerprint density at radius 2 is 2.22 bits per heavy atom. The fourth-order valence-electron chi connectivity index (χ4n) is 1.55. The smallest absolute Gasteiger partial charge is 0.265 e. The maximum absolute atomic E-state index is 12.0. The van der Waals surface area contributed by atoms with Crippen LogP contribution in [0.2, 0.25) is 0 Å². The molecule has 0 saturated heterocycles. The van der Waals surface area contributed by atoms with Gasteiger partial charge in [0, 0.05) is 20.1 Å². The second-order valence-corrected chi connectivity index (χ2v) is 5.60. The summed E-state index contributed by atoms with van der Waals surface area (Å²) in [5, 5.41) is 3.71. The number of nitrogens with one attached hydrogen (secondary N) is 1. The highest BCUT2D eigenvalue weighted by Gasteiger charge is 2.18. The zero-order chi connectivity index (χ0) is 13.7. The van der Waals surface area contributed by atoms with Gasteiger partial charge >= 0.3 is 0 Å². The molecule has 6 heteroatoms. The molecule has 1 aromatic heterocycles. The molecule has 1 heterocycles. The van der Waals surface area contributed by atoms with Gasteiger partial charge in [0.05, 0.1) is 0 Å². The molecule has 5 nitrogen and oxygen atoms in total. The van der Waals surface area contributed by atoms with Crippen LogP contribution in [0.15, 0.2) is 0 Å². The number of carbonyl (C=O) groups is 1. The van der Waals surface area contributed by atoms with Gasteiger partial charge in [0.1, 0.15) is 10.7 Å².